The van der Waals surface area contributed by atoms with Crippen LogP contribution >= 0.6 is 11.6 Å². The Balaban J connectivity index is 2.18. The van der Waals surface area contributed by atoms with E-state index >= 15 is 0 Å². The fraction of sp³-hybridized carbons (Fsp3) is 0.273. The van der Waals surface area contributed by atoms with Crippen LogP contribution in [0.1, 0.15) is 5.56 Å². The predicted octanol–water partition coefficient (Wildman–Crippen LogP) is 1.60. The van der Waals surface area contributed by atoms with Crippen LogP contribution < -0.4 is 10.2 Å². The van der Waals surface area contributed by atoms with E-state index in [1.54, 1.807) is 19.4 Å². The van der Waals surface area contributed by atoms with Gasteiger partial charge in [0.05, 0.1) is 0 Å². The van der Waals surface area contributed by atoms with E-state index in [4.69, 9.17) is 11.6 Å². The molecule has 1 N–H and O–H groups in total. The van der Waals surface area contributed by atoms with Crippen LogP contribution in [0.25, 0.3) is 0 Å². The summed E-state index contributed by atoms with van der Waals surface area (Å²) in [6.07, 6.45) is 3.54. The molecule has 0 saturated carbocycles. The average Bonchev–Trinajstić information content (AvgIpc) is 2.39. The Morgan fingerprint density at radius 3 is 2.83 bits per heavy atom. The zero-order valence-corrected chi connectivity index (χ0v) is 10.9. The van der Waals surface area contributed by atoms with Crippen molar-refractivity contribution in [3.05, 3.63) is 35.4 Å². The number of rotatable bonds is 4. The largest absolute Gasteiger partial charge is 0.357 e. The molecule has 0 radical (unpaired) electrons. The first-order valence-electron chi connectivity index (χ1n) is 5.38. The van der Waals surface area contributed by atoms with Crippen LogP contribution in [0.4, 0.5) is 11.9 Å². The topological polar surface area (TPSA) is 66.8 Å². The molecular formula is C11H13ClN6. The molecule has 2 aromatic heterocycles. The van der Waals surface area contributed by atoms with Gasteiger partial charge in [-0.1, -0.05) is 6.07 Å². The first-order valence-corrected chi connectivity index (χ1v) is 5.76. The van der Waals surface area contributed by atoms with Gasteiger partial charge >= 0.3 is 0 Å². The van der Waals surface area contributed by atoms with Crippen LogP contribution in [0, 0.1) is 0 Å². The highest BCUT2D eigenvalue weighted by Gasteiger charge is 2.09. The van der Waals surface area contributed by atoms with Gasteiger partial charge in [0.15, 0.2) is 0 Å². The maximum absolute atomic E-state index is 5.83. The predicted molar refractivity (Wildman–Crippen MR) is 70.7 cm³/mol. The quantitative estimate of drug-likeness (QED) is 0.905. The van der Waals surface area contributed by atoms with E-state index in [0.29, 0.717) is 18.4 Å². The normalized spacial score (nSPS) is 10.2. The fourth-order valence-electron chi connectivity index (χ4n) is 1.46. The summed E-state index contributed by atoms with van der Waals surface area (Å²) < 4.78 is 0. The Kier molecular flexibility index (Phi) is 3.88. The molecule has 7 heteroatoms. The number of hydrogen-bond acceptors (Lipinski definition) is 6. The van der Waals surface area contributed by atoms with E-state index in [1.807, 2.05) is 24.1 Å². The minimum Gasteiger partial charge on any atom is -0.357 e. The Labute approximate surface area is 110 Å². The first kappa shape index (κ1) is 12.5. The number of aromatic nitrogens is 4. The zero-order chi connectivity index (χ0) is 13.0. The molecule has 18 heavy (non-hydrogen) atoms. The van der Waals surface area contributed by atoms with Crippen molar-refractivity contribution in [2.24, 2.45) is 0 Å². The van der Waals surface area contributed by atoms with Crippen LogP contribution in [0.3, 0.4) is 0 Å². The van der Waals surface area contributed by atoms with Gasteiger partial charge in [-0.2, -0.15) is 15.0 Å². The number of halogens is 1. The lowest BCUT2D eigenvalue weighted by Crippen LogP contribution is -2.20. The molecule has 0 unspecified atom stereocenters. The molecule has 0 saturated heterocycles. The highest BCUT2D eigenvalue weighted by molar-refractivity contribution is 6.28. The van der Waals surface area contributed by atoms with E-state index in [2.05, 4.69) is 25.3 Å². The van der Waals surface area contributed by atoms with E-state index in [9.17, 15) is 0 Å². The highest BCUT2D eigenvalue weighted by Crippen LogP contribution is 2.14. The monoisotopic (exact) mass is 264 g/mol. The van der Waals surface area contributed by atoms with Crippen molar-refractivity contribution in [2.75, 3.05) is 24.3 Å². The molecule has 0 aliphatic rings. The molecule has 0 fully saturated rings. The summed E-state index contributed by atoms with van der Waals surface area (Å²) in [5.41, 5.74) is 1.07. The van der Waals surface area contributed by atoms with E-state index in [1.165, 1.54) is 0 Å². The number of nitrogens with zero attached hydrogens (tertiary/aromatic N) is 5. The molecule has 0 aromatic carbocycles. The van der Waals surface area contributed by atoms with Gasteiger partial charge in [0, 0.05) is 33.0 Å². The summed E-state index contributed by atoms with van der Waals surface area (Å²) in [5.74, 6) is 0.964. The Morgan fingerprint density at radius 1 is 1.33 bits per heavy atom. The summed E-state index contributed by atoms with van der Waals surface area (Å²) in [6, 6.07) is 3.88. The SMILES string of the molecule is CNc1nc(Cl)nc(N(C)Cc2cccnc2)n1. The molecule has 0 amide bonds. The maximum atomic E-state index is 5.83. The second-order valence-corrected chi connectivity index (χ2v) is 4.03. The third kappa shape index (κ3) is 3.04. The van der Waals surface area contributed by atoms with E-state index < -0.39 is 0 Å². The van der Waals surface area contributed by atoms with Crippen LogP contribution in [-0.4, -0.2) is 34.0 Å². The van der Waals surface area contributed by atoms with Crippen molar-refractivity contribution in [1.82, 2.24) is 19.9 Å². The highest BCUT2D eigenvalue weighted by atomic mass is 35.5. The third-order valence-electron chi connectivity index (χ3n) is 2.30. The summed E-state index contributed by atoms with van der Waals surface area (Å²) in [7, 11) is 3.62. The van der Waals surface area contributed by atoms with Crippen molar-refractivity contribution in [3.8, 4) is 0 Å². The summed E-state index contributed by atoms with van der Waals surface area (Å²) >= 11 is 5.83. The van der Waals surface area contributed by atoms with E-state index in [0.717, 1.165) is 5.56 Å². The van der Waals surface area contributed by atoms with Crippen molar-refractivity contribution in [1.29, 1.82) is 0 Å². The van der Waals surface area contributed by atoms with Crippen LogP contribution in [0.5, 0.6) is 0 Å². The minimum atomic E-state index is 0.169. The molecule has 2 aromatic rings. The number of pyridine rings is 1. The van der Waals surface area contributed by atoms with Gasteiger partial charge in [0.25, 0.3) is 0 Å². The van der Waals surface area contributed by atoms with Gasteiger partial charge in [-0.05, 0) is 23.2 Å². The van der Waals surface area contributed by atoms with Crippen molar-refractivity contribution >= 4 is 23.5 Å². The second kappa shape index (κ2) is 5.59. The van der Waals surface area contributed by atoms with Gasteiger partial charge in [-0.3, -0.25) is 4.98 Å². The summed E-state index contributed by atoms with van der Waals surface area (Å²) in [4.78, 5) is 18.2. The lowest BCUT2D eigenvalue weighted by molar-refractivity contribution is 0.850. The molecule has 0 aliphatic heterocycles. The Morgan fingerprint density at radius 2 is 2.17 bits per heavy atom. The second-order valence-electron chi connectivity index (χ2n) is 3.70. The minimum absolute atomic E-state index is 0.169. The lowest BCUT2D eigenvalue weighted by Gasteiger charge is -2.17. The van der Waals surface area contributed by atoms with Crippen LogP contribution in [-0.2, 0) is 6.54 Å². The van der Waals surface area contributed by atoms with Gasteiger partial charge in [0.1, 0.15) is 0 Å². The molecule has 2 heterocycles. The smallest absolute Gasteiger partial charge is 0.231 e. The van der Waals surface area contributed by atoms with Gasteiger partial charge in [-0.15, -0.1) is 0 Å². The molecule has 2 rings (SSSR count). The van der Waals surface area contributed by atoms with Crippen molar-refractivity contribution in [2.45, 2.75) is 6.54 Å². The average molecular weight is 265 g/mol. The number of anilines is 2. The van der Waals surface area contributed by atoms with Crippen molar-refractivity contribution in [3.63, 3.8) is 0 Å². The number of hydrogen-bond donors (Lipinski definition) is 1. The molecule has 94 valence electrons. The Hall–Kier alpha value is -1.95. The standard InChI is InChI=1S/C11H13ClN6/c1-13-10-15-9(12)16-11(17-10)18(2)7-8-4-3-5-14-6-8/h3-6H,7H2,1-2H3,(H,13,15,16,17). The van der Waals surface area contributed by atoms with Crippen molar-refractivity contribution < 1.29 is 0 Å². The maximum Gasteiger partial charge on any atom is 0.231 e. The van der Waals surface area contributed by atoms with Gasteiger partial charge < -0.3 is 10.2 Å². The molecule has 6 nitrogen and oxygen atoms in total. The van der Waals surface area contributed by atoms with Crippen LogP contribution in [0.2, 0.25) is 5.28 Å². The molecule has 0 bridgehead atoms. The molecule has 0 aliphatic carbocycles. The molecule has 0 spiro atoms. The lowest BCUT2D eigenvalue weighted by atomic mass is 10.3. The molecular weight excluding hydrogens is 252 g/mol. The first-order chi connectivity index (χ1) is 8.69. The van der Waals surface area contributed by atoms with Crippen LogP contribution in [0.15, 0.2) is 24.5 Å². The Bertz CT molecular complexity index is 518. The van der Waals surface area contributed by atoms with Gasteiger partial charge in [-0.25, -0.2) is 0 Å². The third-order valence-corrected chi connectivity index (χ3v) is 2.47. The van der Waals surface area contributed by atoms with E-state index in [-0.39, 0.29) is 5.28 Å². The summed E-state index contributed by atoms with van der Waals surface area (Å²) in [5, 5.41) is 3.01. The zero-order valence-electron chi connectivity index (χ0n) is 10.1. The molecule has 0 atom stereocenters. The number of nitrogens with one attached hydrogen (secondary N) is 1. The van der Waals surface area contributed by atoms with Gasteiger partial charge in [0.2, 0.25) is 17.2 Å². The summed E-state index contributed by atoms with van der Waals surface area (Å²) in [6.45, 7) is 0.650. The fourth-order valence-corrected chi connectivity index (χ4v) is 1.61.